The number of anilines is 1. The van der Waals surface area contributed by atoms with Gasteiger partial charge in [0.2, 0.25) is 5.13 Å². The van der Waals surface area contributed by atoms with Crippen molar-refractivity contribution >= 4 is 42.4 Å². The molecule has 0 saturated heterocycles. The number of hydrogen-bond donors (Lipinski definition) is 0. The van der Waals surface area contributed by atoms with E-state index in [4.69, 9.17) is 0 Å². The number of aromatic nitrogens is 2. The molecular weight excluding hydrogens is 395 g/mol. The van der Waals surface area contributed by atoms with Gasteiger partial charge in [0.1, 0.15) is 10.4 Å². The van der Waals surface area contributed by atoms with E-state index < -0.39 is 26.7 Å². The number of halogens is 4. The summed E-state index contributed by atoms with van der Waals surface area (Å²) in [5.74, 6) is 0. The minimum absolute atomic E-state index is 0.0341. The molecule has 5 nitrogen and oxygen atoms in total. The molecule has 1 aromatic carbocycles. The first-order valence-electron chi connectivity index (χ1n) is 5.26. The van der Waals surface area contributed by atoms with Crippen LogP contribution >= 0.6 is 27.3 Å². The molecule has 0 N–H and O–H groups in total. The zero-order valence-corrected chi connectivity index (χ0v) is 13.5. The number of sulfonamides is 1. The van der Waals surface area contributed by atoms with E-state index in [0.29, 0.717) is 6.07 Å². The first kappa shape index (κ1) is 16.2. The Balaban J connectivity index is 2.55. The van der Waals surface area contributed by atoms with Crippen molar-refractivity contribution in [2.24, 2.45) is 0 Å². The Labute approximate surface area is 130 Å². The van der Waals surface area contributed by atoms with Gasteiger partial charge < -0.3 is 0 Å². The normalized spacial score (nSPS) is 12.4. The van der Waals surface area contributed by atoms with E-state index in [1.807, 2.05) is 0 Å². The minimum atomic E-state index is -4.63. The van der Waals surface area contributed by atoms with Crippen LogP contribution in [-0.2, 0) is 16.2 Å². The maximum absolute atomic E-state index is 12.7. The zero-order chi connectivity index (χ0) is 15.8. The number of nitrogens with zero attached hydrogens (tertiary/aromatic N) is 3. The highest BCUT2D eigenvalue weighted by atomic mass is 79.9. The second-order valence-corrected chi connectivity index (χ2v) is 7.44. The van der Waals surface area contributed by atoms with Crippen molar-refractivity contribution in [3.63, 3.8) is 0 Å². The lowest BCUT2D eigenvalue weighted by molar-refractivity contribution is -0.137. The third kappa shape index (κ3) is 3.19. The molecule has 0 atom stereocenters. The number of hydrogen-bond acceptors (Lipinski definition) is 5. The maximum atomic E-state index is 12.7. The summed E-state index contributed by atoms with van der Waals surface area (Å²) in [5, 5.41) is 7.14. The average Bonchev–Trinajstić information content (AvgIpc) is 2.90. The minimum Gasteiger partial charge on any atom is -0.243 e. The van der Waals surface area contributed by atoms with Crippen LogP contribution in [0.5, 0.6) is 0 Å². The first-order valence-corrected chi connectivity index (χ1v) is 8.37. The highest BCUT2D eigenvalue weighted by molar-refractivity contribution is 9.10. The van der Waals surface area contributed by atoms with Crippen LogP contribution in [-0.4, -0.2) is 25.7 Å². The van der Waals surface area contributed by atoms with Gasteiger partial charge in [-0.25, -0.2) is 12.7 Å². The van der Waals surface area contributed by atoms with Crippen LogP contribution in [0, 0.1) is 0 Å². The lowest BCUT2D eigenvalue weighted by atomic mass is 10.2. The smallest absolute Gasteiger partial charge is 0.243 e. The third-order valence-electron chi connectivity index (χ3n) is 2.51. The largest absolute Gasteiger partial charge is 0.416 e. The van der Waals surface area contributed by atoms with Gasteiger partial charge in [0.15, 0.2) is 0 Å². The van der Waals surface area contributed by atoms with Crippen molar-refractivity contribution in [3.8, 4) is 0 Å². The van der Waals surface area contributed by atoms with E-state index in [-0.39, 0.29) is 9.60 Å². The molecule has 0 aliphatic rings. The Morgan fingerprint density at radius 2 is 2.00 bits per heavy atom. The first-order chi connectivity index (χ1) is 9.64. The molecule has 0 unspecified atom stereocenters. The predicted molar refractivity (Wildman–Crippen MR) is 74.6 cm³/mol. The van der Waals surface area contributed by atoms with Crippen molar-refractivity contribution in [2.75, 3.05) is 11.4 Å². The summed E-state index contributed by atoms with van der Waals surface area (Å²) in [4.78, 5) is -0.491. The second-order valence-electron chi connectivity index (χ2n) is 3.84. The Bertz CT molecular complexity index is 747. The molecule has 114 valence electrons. The van der Waals surface area contributed by atoms with E-state index in [9.17, 15) is 21.6 Å². The topological polar surface area (TPSA) is 63.2 Å². The Hall–Kier alpha value is -1.20. The molecule has 21 heavy (non-hydrogen) atoms. The van der Waals surface area contributed by atoms with Gasteiger partial charge in [0.25, 0.3) is 10.0 Å². The lowest BCUT2D eigenvalue weighted by Gasteiger charge is -2.18. The second kappa shape index (κ2) is 5.54. The van der Waals surface area contributed by atoms with Crippen LogP contribution in [0.15, 0.2) is 33.1 Å². The molecular formula is C10H7BrF3N3O2S2. The van der Waals surface area contributed by atoms with Crippen molar-refractivity contribution in [3.05, 3.63) is 33.7 Å². The van der Waals surface area contributed by atoms with Crippen molar-refractivity contribution in [2.45, 2.75) is 11.1 Å². The SMILES string of the molecule is CN(c1nncs1)S(=O)(=O)c1cc(C(F)(F)F)ccc1Br. The standard InChI is InChI=1S/C10H7BrF3N3O2S2/c1-17(9-16-15-5-20-9)21(18,19)8-4-6(10(12,13)14)2-3-7(8)11/h2-5H,1H3. The van der Waals surface area contributed by atoms with Gasteiger partial charge in [-0.15, -0.1) is 10.2 Å². The van der Waals surface area contributed by atoms with E-state index in [1.54, 1.807) is 0 Å². The third-order valence-corrected chi connectivity index (χ3v) is 6.14. The molecule has 0 spiro atoms. The van der Waals surface area contributed by atoms with Crippen molar-refractivity contribution < 1.29 is 21.6 Å². The van der Waals surface area contributed by atoms with Crippen LogP contribution < -0.4 is 4.31 Å². The fraction of sp³-hybridized carbons (Fsp3) is 0.200. The van der Waals surface area contributed by atoms with Crippen LogP contribution in [0.25, 0.3) is 0 Å². The molecule has 0 radical (unpaired) electrons. The number of benzene rings is 1. The monoisotopic (exact) mass is 401 g/mol. The van der Waals surface area contributed by atoms with E-state index in [2.05, 4.69) is 26.1 Å². The van der Waals surface area contributed by atoms with Crippen LogP contribution in [0.1, 0.15) is 5.56 Å². The molecule has 0 aliphatic heterocycles. The van der Waals surface area contributed by atoms with Gasteiger partial charge in [-0.2, -0.15) is 13.2 Å². The predicted octanol–water partition coefficient (Wildman–Crippen LogP) is 3.14. The number of rotatable bonds is 3. The highest BCUT2D eigenvalue weighted by Crippen LogP contribution is 2.35. The van der Waals surface area contributed by atoms with Gasteiger partial charge in [-0.1, -0.05) is 11.3 Å². The summed E-state index contributed by atoms with van der Waals surface area (Å²) >= 11 is 3.91. The molecule has 2 rings (SSSR count). The fourth-order valence-corrected chi connectivity index (χ4v) is 4.27. The molecule has 1 heterocycles. The molecule has 0 saturated carbocycles. The van der Waals surface area contributed by atoms with Crippen LogP contribution in [0.4, 0.5) is 18.3 Å². The summed E-state index contributed by atoms with van der Waals surface area (Å²) < 4.78 is 63.8. The molecule has 2 aromatic rings. The quantitative estimate of drug-likeness (QED) is 0.792. The summed E-state index contributed by atoms with van der Waals surface area (Å²) in [6.07, 6.45) is -4.63. The molecule has 0 amide bonds. The van der Waals surface area contributed by atoms with E-state index in [1.165, 1.54) is 12.6 Å². The van der Waals surface area contributed by atoms with E-state index >= 15 is 0 Å². The molecule has 11 heteroatoms. The Kier molecular flexibility index (Phi) is 4.26. The van der Waals surface area contributed by atoms with Gasteiger partial charge in [-0.05, 0) is 34.1 Å². The summed E-state index contributed by atoms with van der Waals surface area (Å²) in [6.45, 7) is 0. The summed E-state index contributed by atoms with van der Waals surface area (Å²) in [7, 11) is -2.98. The van der Waals surface area contributed by atoms with Gasteiger partial charge in [0, 0.05) is 11.5 Å². The molecule has 0 bridgehead atoms. The van der Waals surface area contributed by atoms with E-state index in [0.717, 1.165) is 27.8 Å². The Morgan fingerprint density at radius 3 is 2.52 bits per heavy atom. The van der Waals surface area contributed by atoms with Crippen LogP contribution in [0.2, 0.25) is 0 Å². The fourth-order valence-electron chi connectivity index (χ4n) is 1.43. The zero-order valence-electron chi connectivity index (χ0n) is 10.3. The van der Waals surface area contributed by atoms with Crippen molar-refractivity contribution in [1.82, 2.24) is 10.2 Å². The highest BCUT2D eigenvalue weighted by Gasteiger charge is 2.34. The van der Waals surface area contributed by atoms with Crippen molar-refractivity contribution in [1.29, 1.82) is 0 Å². The number of alkyl halides is 3. The molecule has 1 aromatic heterocycles. The average molecular weight is 402 g/mol. The molecule has 0 fully saturated rings. The lowest BCUT2D eigenvalue weighted by Crippen LogP contribution is -2.27. The molecule has 0 aliphatic carbocycles. The summed E-state index contributed by atoms with van der Waals surface area (Å²) in [5.41, 5.74) is 0.276. The van der Waals surface area contributed by atoms with Crippen LogP contribution in [0.3, 0.4) is 0 Å². The van der Waals surface area contributed by atoms with Gasteiger partial charge >= 0.3 is 6.18 Å². The maximum Gasteiger partial charge on any atom is 0.416 e. The van der Waals surface area contributed by atoms with Gasteiger partial charge in [0.05, 0.1) is 5.56 Å². The Morgan fingerprint density at radius 1 is 1.33 bits per heavy atom. The van der Waals surface area contributed by atoms with Gasteiger partial charge in [-0.3, -0.25) is 0 Å². The summed E-state index contributed by atoms with van der Waals surface area (Å²) in [6, 6.07) is 2.43.